The average Bonchev–Trinajstić information content (AvgIpc) is 2.46. The van der Waals surface area contributed by atoms with E-state index < -0.39 is 0 Å². The number of aromatic nitrogens is 1. The van der Waals surface area contributed by atoms with Gasteiger partial charge in [-0.2, -0.15) is 0 Å². The van der Waals surface area contributed by atoms with Crippen molar-refractivity contribution in [3.05, 3.63) is 64.4 Å². The summed E-state index contributed by atoms with van der Waals surface area (Å²) in [5, 5.41) is 0.438. The van der Waals surface area contributed by atoms with Gasteiger partial charge >= 0.3 is 0 Å². The second-order valence-electron chi connectivity index (χ2n) is 4.60. The van der Waals surface area contributed by atoms with E-state index in [1.165, 1.54) is 11.8 Å². The normalized spacial score (nSPS) is 10.3. The van der Waals surface area contributed by atoms with Crippen molar-refractivity contribution >= 4 is 17.5 Å². The molecule has 0 fully saturated rings. The maximum atomic E-state index is 12.5. The lowest BCUT2D eigenvalue weighted by Crippen LogP contribution is -2.30. The summed E-state index contributed by atoms with van der Waals surface area (Å²) < 4.78 is 0. The van der Waals surface area contributed by atoms with Crippen LogP contribution in [-0.4, -0.2) is 22.3 Å². The molecule has 1 aromatic carbocycles. The molecule has 1 aromatic heterocycles. The van der Waals surface area contributed by atoms with E-state index in [0.717, 1.165) is 5.56 Å². The SMILES string of the molecule is CCN(Cc1ccccc1C)C(=O)c1cnccc1Cl. The minimum atomic E-state index is -0.0890. The Morgan fingerprint density at radius 3 is 2.70 bits per heavy atom. The summed E-state index contributed by atoms with van der Waals surface area (Å²) >= 11 is 6.07. The predicted molar refractivity (Wildman–Crippen MR) is 80.8 cm³/mol. The first-order valence-corrected chi connectivity index (χ1v) is 6.94. The molecular weight excluding hydrogens is 272 g/mol. The Kier molecular flexibility index (Phi) is 4.74. The highest BCUT2D eigenvalue weighted by atomic mass is 35.5. The third kappa shape index (κ3) is 3.17. The lowest BCUT2D eigenvalue weighted by Gasteiger charge is -2.22. The Morgan fingerprint density at radius 1 is 1.30 bits per heavy atom. The van der Waals surface area contributed by atoms with Crippen LogP contribution in [0.15, 0.2) is 42.7 Å². The standard InChI is InChI=1S/C16H17ClN2O/c1-3-19(11-13-7-5-4-6-12(13)2)16(20)14-10-18-9-8-15(14)17/h4-10H,3,11H2,1-2H3. The van der Waals surface area contributed by atoms with Crippen LogP contribution < -0.4 is 0 Å². The van der Waals surface area contributed by atoms with E-state index in [1.807, 2.05) is 38.1 Å². The summed E-state index contributed by atoms with van der Waals surface area (Å²) in [7, 11) is 0. The number of hydrogen-bond donors (Lipinski definition) is 0. The lowest BCUT2D eigenvalue weighted by molar-refractivity contribution is 0.0752. The first-order valence-electron chi connectivity index (χ1n) is 6.56. The molecule has 1 heterocycles. The molecule has 104 valence electrons. The molecule has 0 spiro atoms. The van der Waals surface area contributed by atoms with Crippen molar-refractivity contribution in [3.8, 4) is 0 Å². The number of pyridine rings is 1. The number of benzene rings is 1. The second kappa shape index (κ2) is 6.53. The maximum absolute atomic E-state index is 12.5. The van der Waals surface area contributed by atoms with E-state index in [0.29, 0.717) is 23.7 Å². The predicted octanol–water partition coefficient (Wildman–Crippen LogP) is 3.71. The van der Waals surface area contributed by atoms with Gasteiger partial charge in [-0.25, -0.2) is 0 Å². The van der Waals surface area contributed by atoms with Crippen molar-refractivity contribution < 1.29 is 4.79 Å². The maximum Gasteiger partial charge on any atom is 0.257 e. The van der Waals surface area contributed by atoms with Crippen LogP contribution in [0, 0.1) is 6.92 Å². The van der Waals surface area contributed by atoms with Gasteiger partial charge in [0.2, 0.25) is 0 Å². The Morgan fingerprint density at radius 2 is 2.05 bits per heavy atom. The Hall–Kier alpha value is -1.87. The summed E-state index contributed by atoms with van der Waals surface area (Å²) in [6, 6.07) is 9.70. The van der Waals surface area contributed by atoms with Gasteiger partial charge in [0.1, 0.15) is 0 Å². The first-order chi connectivity index (χ1) is 9.63. The monoisotopic (exact) mass is 288 g/mol. The van der Waals surface area contributed by atoms with Gasteiger partial charge in [-0.3, -0.25) is 9.78 Å². The van der Waals surface area contributed by atoms with Gasteiger partial charge in [0.15, 0.2) is 0 Å². The molecule has 0 unspecified atom stereocenters. The van der Waals surface area contributed by atoms with Crippen molar-refractivity contribution in [2.24, 2.45) is 0 Å². The van der Waals surface area contributed by atoms with Crippen LogP contribution in [0.1, 0.15) is 28.4 Å². The van der Waals surface area contributed by atoms with Crippen molar-refractivity contribution in [1.29, 1.82) is 0 Å². The van der Waals surface area contributed by atoms with Crippen molar-refractivity contribution in [3.63, 3.8) is 0 Å². The third-order valence-electron chi connectivity index (χ3n) is 3.29. The smallest absolute Gasteiger partial charge is 0.257 e. The molecule has 0 N–H and O–H groups in total. The van der Waals surface area contributed by atoms with Crippen LogP contribution in [0.5, 0.6) is 0 Å². The van der Waals surface area contributed by atoms with Crippen LogP contribution in [-0.2, 0) is 6.54 Å². The van der Waals surface area contributed by atoms with Crippen LogP contribution in [0.4, 0.5) is 0 Å². The molecule has 20 heavy (non-hydrogen) atoms. The molecule has 1 amide bonds. The van der Waals surface area contributed by atoms with E-state index in [4.69, 9.17) is 11.6 Å². The molecule has 0 saturated carbocycles. The number of nitrogens with zero attached hydrogens (tertiary/aromatic N) is 2. The zero-order chi connectivity index (χ0) is 14.5. The summed E-state index contributed by atoms with van der Waals surface area (Å²) in [5.74, 6) is -0.0890. The molecule has 4 heteroatoms. The summed E-state index contributed by atoms with van der Waals surface area (Å²) in [6.07, 6.45) is 3.10. The Balaban J connectivity index is 2.23. The highest BCUT2D eigenvalue weighted by Crippen LogP contribution is 2.18. The van der Waals surface area contributed by atoms with Gasteiger partial charge in [0, 0.05) is 25.5 Å². The molecule has 0 atom stereocenters. The largest absolute Gasteiger partial charge is 0.334 e. The van der Waals surface area contributed by atoms with Gasteiger partial charge < -0.3 is 4.90 Å². The Labute approximate surface area is 124 Å². The number of hydrogen-bond acceptors (Lipinski definition) is 2. The highest BCUT2D eigenvalue weighted by Gasteiger charge is 2.17. The number of amides is 1. The highest BCUT2D eigenvalue weighted by molar-refractivity contribution is 6.33. The van der Waals surface area contributed by atoms with E-state index in [9.17, 15) is 4.79 Å². The molecule has 0 aliphatic rings. The molecular formula is C16H17ClN2O. The van der Waals surface area contributed by atoms with Crippen LogP contribution in [0.2, 0.25) is 5.02 Å². The number of carbonyl (C=O) groups is 1. The zero-order valence-electron chi connectivity index (χ0n) is 11.6. The topological polar surface area (TPSA) is 33.2 Å². The molecule has 0 aliphatic heterocycles. The quantitative estimate of drug-likeness (QED) is 0.859. The number of halogens is 1. The van der Waals surface area contributed by atoms with Crippen LogP contribution in [0.3, 0.4) is 0 Å². The molecule has 0 radical (unpaired) electrons. The molecule has 2 rings (SSSR count). The minimum Gasteiger partial charge on any atom is -0.334 e. The minimum absolute atomic E-state index is 0.0890. The first kappa shape index (κ1) is 14.5. The molecule has 0 bridgehead atoms. The van der Waals surface area contributed by atoms with Gasteiger partial charge in [-0.1, -0.05) is 35.9 Å². The fourth-order valence-electron chi connectivity index (χ4n) is 2.03. The second-order valence-corrected chi connectivity index (χ2v) is 5.01. The van der Waals surface area contributed by atoms with Gasteiger partial charge in [-0.15, -0.1) is 0 Å². The number of aryl methyl sites for hydroxylation is 1. The summed E-state index contributed by atoms with van der Waals surface area (Å²) in [6.45, 7) is 5.21. The number of rotatable bonds is 4. The van der Waals surface area contributed by atoms with Gasteiger partial charge in [-0.05, 0) is 31.0 Å². The van der Waals surface area contributed by atoms with Crippen molar-refractivity contribution in [1.82, 2.24) is 9.88 Å². The summed E-state index contributed by atoms with van der Waals surface area (Å²) in [4.78, 5) is 18.3. The summed E-state index contributed by atoms with van der Waals surface area (Å²) in [5.41, 5.74) is 2.77. The van der Waals surface area contributed by atoms with Gasteiger partial charge in [0.25, 0.3) is 5.91 Å². The van der Waals surface area contributed by atoms with E-state index in [1.54, 1.807) is 17.2 Å². The van der Waals surface area contributed by atoms with E-state index in [-0.39, 0.29) is 5.91 Å². The van der Waals surface area contributed by atoms with E-state index in [2.05, 4.69) is 4.98 Å². The van der Waals surface area contributed by atoms with Crippen molar-refractivity contribution in [2.45, 2.75) is 20.4 Å². The lowest BCUT2D eigenvalue weighted by atomic mass is 10.1. The zero-order valence-corrected chi connectivity index (χ0v) is 12.4. The fourth-order valence-corrected chi connectivity index (χ4v) is 2.21. The van der Waals surface area contributed by atoms with Crippen LogP contribution in [0.25, 0.3) is 0 Å². The molecule has 2 aromatic rings. The molecule has 0 saturated heterocycles. The van der Waals surface area contributed by atoms with E-state index >= 15 is 0 Å². The van der Waals surface area contributed by atoms with Gasteiger partial charge in [0.05, 0.1) is 10.6 Å². The molecule has 0 aliphatic carbocycles. The third-order valence-corrected chi connectivity index (χ3v) is 3.62. The van der Waals surface area contributed by atoms with Crippen LogP contribution >= 0.6 is 11.6 Å². The van der Waals surface area contributed by atoms with Crippen molar-refractivity contribution in [2.75, 3.05) is 6.54 Å². The average molecular weight is 289 g/mol. The Bertz CT molecular complexity index is 613. The molecule has 3 nitrogen and oxygen atoms in total. The fraction of sp³-hybridized carbons (Fsp3) is 0.250. The number of carbonyl (C=O) groups excluding carboxylic acids is 1.